The highest BCUT2D eigenvalue weighted by Crippen LogP contribution is 2.31. The maximum absolute atomic E-state index is 14.5. The Balaban J connectivity index is 1.88. The van der Waals surface area contributed by atoms with Gasteiger partial charge in [-0.25, -0.2) is 27.1 Å². The molecule has 0 radical (unpaired) electrons. The highest BCUT2D eigenvalue weighted by atomic mass is 32.2. The van der Waals surface area contributed by atoms with Gasteiger partial charge in [0.25, 0.3) is 5.91 Å². The predicted molar refractivity (Wildman–Crippen MR) is 101 cm³/mol. The quantitative estimate of drug-likeness (QED) is 0.601. The van der Waals surface area contributed by atoms with Gasteiger partial charge in [0.1, 0.15) is 11.5 Å². The summed E-state index contributed by atoms with van der Waals surface area (Å²) in [6.07, 6.45) is -3.65. The monoisotopic (exact) mass is 460 g/mol. The van der Waals surface area contributed by atoms with E-state index in [1.807, 2.05) is 0 Å². The van der Waals surface area contributed by atoms with Crippen molar-refractivity contribution in [3.63, 3.8) is 0 Å². The number of anilines is 1. The van der Waals surface area contributed by atoms with Crippen molar-refractivity contribution in [3.05, 3.63) is 53.4 Å². The molecule has 31 heavy (non-hydrogen) atoms. The fourth-order valence-corrected chi connectivity index (χ4v) is 4.41. The Morgan fingerprint density at radius 1 is 1.29 bits per heavy atom. The van der Waals surface area contributed by atoms with Gasteiger partial charge in [-0.3, -0.25) is 10.2 Å². The first-order valence-electron chi connectivity index (χ1n) is 8.57. The molecule has 14 heteroatoms. The van der Waals surface area contributed by atoms with E-state index >= 15 is 0 Å². The molecule has 1 aliphatic rings. The molecule has 1 aliphatic heterocycles. The molecular weight excluding hydrogens is 444 g/mol. The molecule has 166 valence electrons. The maximum atomic E-state index is 14.5. The minimum atomic E-state index is -4.71. The van der Waals surface area contributed by atoms with E-state index in [4.69, 9.17) is 5.41 Å². The van der Waals surface area contributed by atoms with Crippen molar-refractivity contribution in [1.82, 2.24) is 19.6 Å². The van der Waals surface area contributed by atoms with Gasteiger partial charge < -0.3 is 10.6 Å². The summed E-state index contributed by atoms with van der Waals surface area (Å²) in [7, 11) is -2.71. The molecule has 0 aliphatic carbocycles. The molecule has 0 spiro atoms. The summed E-state index contributed by atoms with van der Waals surface area (Å²) >= 11 is 0. The Kier molecular flexibility index (Phi) is 5.38. The van der Waals surface area contributed by atoms with Crippen LogP contribution in [0.25, 0.3) is 0 Å². The second-order valence-corrected chi connectivity index (χ2v) is 8.96. The number of halogens is 4. The molecule has 1 fully saturated rings. The van der Waals surface area contributed by atoms with Crippen LogP contribution in [0.3, 0.4) is 0 Å². The zero-order valence-electron chi connectivity index (χ0n) is 16.1. The highest BCUT2D eigenvalue weighted by Gasteiger charge is 2.43. The van der Waals surface area contributed by atoms with Crippen LogP contribution in [0, 0.1) is 11.2 Å². The topological polar surface area (TPSA) is 128 Å². The summed E-state index contributed by atoms with van der Waals surface area (Å²) in [5.74, 6) is -2.70. The number of carbonyl (C=O) groups excluding carboxylic acids is 1. The normalized spacial score (nSPS) is 20.8. The van der Waals surface area contributed by atoms with Gasteiger partial charge in [-0.15, -0.1) is 0 Å². The van der Waals surface area contributed by atoms with E-state index in [0.717, 1.165) is 10.4 Å². The first-order valence-corrected chi connectivity index (χ1v) is 10.2. The number of hydrogen-bond acceptors (Lipinski definition) is 6. The average Bonchev–Trinajstić information content (AvgIpc) is 2.66. The first kappa shape index (κ1) is 22.4. The molecule has 9 nitrogen and oxygen atoms in total. The van der Waals surface area contributed by atoms with E-state index in [1.54, 1.807) is 0 Å². The Morgan fingerprint density at radius 3 is 2.52 bits per heavy atom. The summed E-state index contributed by atoms with van der Waals surface area (Å²) in [5.41, 5.74) is -3.29. The van der Waals surface area contributed by atoms with Crippen LogP contribution in [0.2, 0.25) is 0 Å². The Labute approximate surface area is 174 Å². The van der Waals surface area contributed by atoms with E-state index in [9.17, 15) is 30.8 Å². The summed E-state index contributed by atoms with van der Waals surface area (Å²) in [6.45, 7) is 1.39. The minimum absolute atomic E-state index is 0.0361. The number of sulfonamides is 1. The zero-order valence-corrected chi connectivity index (χ0v) is 16.9. The zero-order chi connectivity index (χ0) is 23.2. The van der Waals surface area contributed by atoms with Crippen molar-refractivity contribution < 1.29 is 30.8 Å². The van der Waals surface area contributed by atoms with E-state index in [2.05, 4.69) is 20.6 Å². The van der Waals surface area contributed by atoms with E-state index < -0.39 is 56.6 Å². The third kappa shape index (κ3) is 4.42. The third-order valence-corrected chi connectivity index (χ3v) is 6.55. The van der Waals surface area contributed by atoms with Crippen molar-refractivity contribution in [2.75, 3.05) is 18.1 Å². The van der Waals surface area contributed by atoms with Gasteiger partial charge in [0.05, 0.1) is 23.7 Å². The molecule has 1 atom stereocenters. The van der Waals surface area contributed by atoms with Crippen LogP contribution in [-0.2, 0) is 21.7 Å². The van der Waals surface area contributed by atoms with Crippen LogP contribution in [0.5, 0.6) is 0 Å². The number of hydrogen-bond donors (Lipinski definition) is 3. The second-order valence-electron chi connectivity index (χ2n) is 6.96. The van der Waals surface area contributed by atoms with Crippen LogP contribution in [0.1, 0.15) is 28.7 Å². The SMILES string of the molecule is CN1C(=N)N[C@](C)(c2cc(NC(=O)c3cnc(C(F)(F)F)cn3)ccc2F)CS1(=O)=O. The number of rotatable bonds is 3. The molecule has 0 unspecified atom stereocenters. The number of nitrogens with zero attached hydrogens (tertiary/aromatic N) is 3. The minimum Gasteiger partial charge on any atom is -0.345 e. The molecule has 1 aromatic carbocycles. The lowest BCUT2D eigenvalue weighted by atomic mass is 9.93. The maximum Gasteiger partial charge on any atom is 0.434 e. The molecule has 0 saturated carbocycles. The van der Waals surface area contributed by atoms with E-state index in [-0.39, 0.29) is 11.3 Å². The number of benzene rings is 1. The molecule has 2 heterocycles. The van der Waals surface area contributed by atoms with Crippen LogP contribution >= 0.6 is 0 Å². The lowest BCUT2D eigenvalue weighted by Crippen LogP contribution is -2.61. The Morgan fingerprint density at radius 2 is 1.97 bits per heavy atom. The van der Waals surface area contributed by atoms with Crippen molar-refractivity contribution in [2.45, 2.75) is 18.6 Å². The number of aromatic nitrogens is 2. The van der Waals surface area contributed by atoms with Crippen molar-refractivity contribution in [1.29, 1.82) is 5.41 Å². The number of alkyl halides is 3. The number of amides is 1. The molecule has 1 amide bonds. The fraction of sp³-hybridized carbons (Fsp3) is 0.294. The van der Waals surface area contributed by atoms with Gasteiger partial charge in [-0.05, 0) is 25.1 Å². The van der Waals surface area contributed by atoms with Gasteiger partial charge in [0.2, 0.25) is 16.0 Å². The average molecular weight is 460 g/mol. The fourth-order valence-electron chi connectivity index (χ4n) is 2.93. The van der Waals surface area contributed by atoms with Gasteiger partial charge in [-0.2, -0.15) is 13.2 Å². The van der Waals surface area contributed by atoms with Crippen LogP contribution in [0.4, 0.5) is 23.2 Å². The van der Waals surface area contributed by atoms with E-state index in [0.29, 0.717) is 12.4 Å². The summed E-state index contributed by atoms with van der Waals surface area (Å²) in [4.78, 5) is 18.9. The molecule has 3 N–H and O–H groups in total. The van der Waals surface area contributed by atoms with Gasteiger partial charge >= 0.3 is 6.18 Å². The molecule has 1 aromatic heterocycles. The van der Waals surface area contributed by atoms with Crippen LogP contribution in [0.15, 0.2) is 30.6 Å². The van der Waals surface area contributed by atoms with Crippen LogP contribution < -0.4 is 10.6 Å². The highest BCUT2D eigenvalue weighted by molar-refractivity contribution is 7.89. The third-order valence-electron chi connectivity index (χ3n) is 4.59. The molecule has 1 saturated heterocycles. The summed E-state index contributed by atoms with van der Waals surface area (Å²) in [5, 5.41) is 12.8. The van der Waals surface area contributed by atoms with Gasteiger partial charge in [0.15, 0.2) is 5.69 Å². The molecular formula is C17H16F4N6O3S. The number of nitrogens with one attached hydrogen (secondary N) is 3. The van der Waals surface area contributed by atoms with Gasteiger partial charge in [-0.1, -0.05) is 0 Å². The Hall–Kier alpha value is -3.29. The van der Waals surface area contributed by atoms with Crippen molar-refractivity contribution in [3.8, 4) is 0 Å². The second kappa shape index (κ2) is 7.44. The van der Waals surface area contributed by atoms with Crippen molar-refractivity contribution in [2.24, 2.45) is 0 Å². The number of carbonyl (C=O) groups is 1. The van der Waals surface area contributed by atoms with Crippen LogP contribution in [-0.4, -0.2) is 47.4 Å². The predicted octanol–water partition coefficient (Wildman–Crippen LogP) is 1.90. The Bertz CT molecular complexity index is 1150. The number of guanidine groups is 1. The van der Waals surface area contributed by atoms with E-state index in [1.165, 1.54) is 26.1 Å². The standard InChI is InChI=1S/C17H16F4N6O3S/c1-16(8-31(29,30)27(2)15(22)26-16)10-5-9(3-4-11(10)18)25-14(28)12-6-24-13(7-23-12)17(19,20)21/h3-7H,8H2,1-2H3,(H2,22,26)(H,25,28)/t16-/m0/s1. The summed E-state index contributed by atoms with van der Waals surface area (Å²) < 4.78 is 77.5. The lowest BCUT2D eigenvalue weighted by Gasteiger charge is -2.40. The lowest BCUT2D eigenvalue weighted by molar-refractivity contribution is -0.141. The smallest absolute Gasteiger partial charge is 0.345 e. The summed E-state index contributed by atoms with van der Waals surface area (Å²) in [6, 6.07) is 3.35. The molecule has 3 rings (SSSR count). The largest absolute Gasteiger partial charge is 0.434 e. The molecule has 0 bridgehead atoms. The van der Waals surface area contributed by atoms with Gasteiger partial charge in [0, 0.05) is 18.3 Å². The van der Waals surface area contributed by atoms with Crippen molar-refractivity contribution >= 4 is 27.6 Å². The molecule has 2 aromatic rings. The first-order chi connectivity index (χ1) is 14.2.